The Kier molecular flexibility index (Phi) is 6.19. The highest BCUT2D eigenvalue weighted by Gasteiger charge is 2.14. The Morgan fingerprint density at radius 1 is 1.11 bits per heavy atom. The molecule has 1 aromatic carbocycles. The molecule has 6 heteroatoms. The first-order chi connectivity index (χ1) is 13.4. The van der Waals surface area contributed by atoms with Gasteiger partial charge in [0.2, 0.25) is 5.88 Å². The Bertz CT molecular complexity index is 977. The highest BCUT2D eigenvalue weighted by Crippen LogP contribution is 2.31. The lowest BCUT2D eigenvalue weighted by Gasteiger charge is -2.17. The predicted molar refractivity (Wildman–Crippen MR) is 107 cm³/mol. The van der Waals surface area contributed by atoms with Crippen molar-refractivity contribution >= 4 is 10.9 Å². The van der Waals surface area contributed by atoms with E-state index in [9.17, 15) is 8.78 Å². The second kappa shape index (κ2) is 8.61. The van der Waals surface area contributed by atoms with E-state index >= 15 is 0 Å². The zero-order valence-electron chi connectivity index (χ0n) is 16.4. The van der Waals surface area contributed by atoms with Crippen molar-refractivity contribution in [3.63, 3.8) is 0 Å². The molecular weight excluding hydrogens is 360 g/mol. The molecule has 148 valence electrons. The van der Waals surface area contributed by atoms with Gasteiger partial charge in [0, 0.05) is 41.0 Å². The standard InChI is InChI=1S/C22H25F2N3O/c1-13(10-25)6-14(2)12-28-22-15(3)7-16(11-27-22)18-4-5-26-20-9-17(23)8-19(24)21(18)20/h4-5,7-9,11,13-14H,6,10,12,25H2,1-3H3. The highest BCUT2D eigenvalue weighted by molar-refractivity contribution is 5.94. The molecule has 0 fully saturated rings. The minimum absolute atomic E-state index is 0.274. The molecule has 0 aliphatic rings. The molecule has 4 nitrogen and oxygen atoms in total. The SMILES string of the molecule is Cc1cc(-c2ccnc3cc(F)cc(F)c23)cnc1OCC(C)CC(C)CN. The van der Waals surface area contributed by atoms with Crippen LogP contribution in [0, 0.1) is 30.4 Å². The van der Waals surface area contributed by atoms with Crippen LogP contribution >= 0.6 is 0 Å². The minimum Gasteiger partial charge on any atom is -0.477 e. The number of aromatic nitrogens is 2. The Labute approximate surface area is 163 Å². The van der Waals surface area contributed by atoms with Crippen molar-refractivity contribution in [2.45, 2.75) is 27.2 Å². The van der Waals surface area contributed by atoms with Crippen LogP contribution < -0.4 is 10.5 Å². The Hall–Kier alpha value is -2.60. The number of nitrogens with zero attached hydrogens (tertiary/aromatic N) is 2. The van der Waals surface area contributed by atoms with E-state index in [2.05, 4.69) is 23.8 Å². The molecule has 0 radical (unpaired) electrons. The van der Waals surface area contributed by atoms with Gasteiger partial charge in [0.25, 0.3) is 0 Å². The summed E-state index contributed by atoms with van der Waals surface area (Å²) in [6.07, 6.45) is 4.18. The fourth-order valence-electron chi connectivity index (χ4n) is 3.38. The number of hydrogen-bond acceptors (Lipinski definition) is 4. The molecule has 2 unspecified atom stereocenters. The first-order valence-corrected chi connectivity index (χ1v) is 9.42. The van der Waals surface area contributed by atoms with Crippen molar-refractivity contribution in [3.8, 4) is 17.0 Å². The van der Waals surface area contributed by atoms with Gasteiger partial charge in [-0.15, -0.1) is 0 Å². The third-order valence-electron chi connectivity index (χ3n) is 4.81. The van der Waals surface area contributed by atoms with Crippen molar-refractivity contribution in [2.24, 2.45) is 17.6 Å². The van der Waals surface area contributed by atoms with E-state index in [0.29, 0.717) is 36.4 Å². The van der Waals surface area contributed by atoms with E-state index in [0.717, 1.165) is 23.6 Å². The first kappa shape index (κ1) is 20.1. The van der Waals surface area contributed by atoms with Gasteiger partial charge in [-0.2, -0.15) is 0 Å². The number of ether oxygens (including phenoxy) is 1. The van der Waals surface area contributed by atoms with Crippen LogP contribution in [0.25, 0.3) is 22.0 Å². The molecule has 0 aliphatic carbocycles. The molecule has 28 heavy (non-hydrogen) atoms. The fraction of sp³-hybridized carbons (Fsp3) is 0.364. The average molecular weight is 385 g/mol. The predicted octanol–water partition coefficient (Wildman–Crippen LogP) is 4.88. The number of benzene rings is 1. The van der Waals surface area contributed by atoms with Crippen molar-refractivity contribution < 1.29 is 13.5 Å². The maximum Gasteiger partial charge on any atom is 0.216 e. The number of hydrogen-bond donors (Lipinski definition) is 1. The van der Waals surface area contributed by atoms with Gasteiger partial charge < -0.3 is 10.5 Å². The van der Waals surface area contributed by atoms with Crippen molar-refractivity contribution in [1.29, 1.82) is 0 Å². The zero-order chi connectivity index (χ0) is 20.3. The second-order valence-electron chi connectivity index (χ2n) is 7.48. The summed E-state index contributed by atoms with van der Waals surface area (Å²) in [7, 11) is 0. The molecule has 0 saturated heterocycles. The smallest absolute Gasteiger partial charge is 0.216 e. The normalized spacial score (nSPS) is 13.5. The molecule has 0 saturated carbocycles. The van der Waals surface area contributed by atoms with Crippen LogP contribution in [0.5, 0.6) is 5.88 Å². The van der Waals surface area contributed by atoms with E-state index in [1.807, 2.05) is 13.0 Å². The summed E-state index contributed by atoms with van der Waals surface area (Å²) in [5.74, 6) is 0.0906. The molecule has 0 spiro atoms. The molecular formula is C22H25F2N3O. The van der Waals surface area contributed by atoms with Crippen molar-refractivity contribution in [3.05, 3.63) is 53.9 Å². The first-order valence-electron chi connectivity index (χ1n) is 9.42. The third-order valence-corrected chi connectivity index (χ3v) is 4.81. The summed E-state index contributed by atoms with van der Waals surface area (Å²) in [5.41, 5.74) is 8.15. The van der Waals surface area contributed by atoms with Crippen molar-refractivity contribution in [2.75, 3.05) is 13.2 Å². The highest BCUT2D eigenvalue weighted by atomic mass is 19.1. The van der Waals surface area contributed by atoms with Gasteiger partial charge in [-0.3, -0.25) is 4.98 Å². The van der Waals surface area contributed by atoms with Crippen LogP contribution in [0.2, 0.25) is 0 Å². The fourth-order valence-corrected chi connectivity index (χ4v) is 3.38. The van der Waals surface area contributed by atoms with E-state index in [1.165, 1.54) is 12.3 Å². The monoisotopic (exact) mass is 385 g/mol. The quantitative estimate of drug-likeness (QED) is 0.629. The van der Waals surface area contributed by atoms with Gasteiger partial charge in [0.15, 0.2) is 0 Å². The van der Waals surface area contributed by atoms with Gasteiger partial charge in [0.1, 0.15) is 11.6 Å². The van der Waals surface area contributed by atoms with E-state index < -0.39 is 11.6 Å². The summed E-state index contributed by atoms with van der Waals surface area (Å²) in [4.78, 5) is 8.49. The minimum atomic E-state index is -0.647. The van der Waals surface area contributed by atoms with Gasteiger partial charge in [0.05, 0.1) is 12.1 Å². The molecule has 2 N–H and O–H groups in total. The molecule has 0 amide bonds. The van der Waals surface area contributed by atoms with Gasteiger partial charge in [-0.05, 0) is 49.4 Å². The number of rotatable bonds is 7. The van der Waals surface area contributed by atoms with Crippen LogP contribution in [0.4, 0.5) is 8.78 Å². The maximum absolute atomic E-state index is 14.4. The molecule has 0 aliphatic heterocycles. The largest absolute Gasteiger partial charge is 0.477 e. The van der Waals surface area contributed by atoms with Gasteiger partial charge >= 0.3 is 0 Å². The topological polar surface area (TPSA) is 61.0 Å². The van der Waals surface area contributed by atoms with Crippen LogP contribution in [0.15, 0.2) is 36.7 Å². The third kappa shape index (κ3) is 4.44. The second-order valence-corrected chi connectivity index (χ2v) is 7.48. The lowest BCUT2D eigenvalue weighted by molar-refractivity contribution is 0.228. The number of aryl methyl sites for hydroxylation is 1. The zero-order valence-corrected chi connectivity index (χ0v) is 16.4. The van der Waals surface area contributed by atoms with Crippen LogP contribution in [-0.2, 0) is 0 Å². The van der Waals surface area contributed by atoms with E-state index in [-0.39, 0.29) is 10.9 Å². The summed E-state index contributed by atoms with van der Waals surface area (Å²) in [6.45, 7) is 7.37. The summed E-state index contributed by atoms with van der Waals surface area (Å²) < 4.78 is 33.7. The summed E-state index contributed by atoms with van der Waals surface area (Å²) in [6, 6.07) is 5.70. The number of halogens is 2. The number of fused-ring (bicyclic) bond motifs is 1. The van der Waals surface area contributed by atoms with E-state index in [4.69, 9.17) is 10.5 Å². The molecule has 3 rings (SSSR count). The lowest BCUT2D eigenvalue weighted by atomic mass is 9.98. The van der Waals surface area contributed by atoms with Crippen LogP contribution in [0.3, 0.4) is 0 Å². The number of nitrogens with two attached hydrogens (primary N) is 1. The average Bonchev–Trinajstić information content (AvgIpc) is 2.66. The van der Waals surface area contributed by atoms with Gasteiger partial charge in [-0.1, -0.05) is 13.8 Å². The number of pyridine rings is 2. The summed E-state index contributed by atoms with van der Waals surface area (Å²) >= 11 is 0. The summed E-state index contributed by atoms with van der Waals surface area (Å²) in [5, 5.41) is 0.281. The maximum atomic E-state index is 14.4. The molecule has 2 atom stereocenters. The molecule has 0 bridgehead atoms. The Morgan fingerprint density at radius 2 is 1.89 bits per heavy atom. The molecule has 3 aromatic rings. The van der Waals surface area contributed by atoms with Crippen LogP contribution in [-0.4, -0.2) is 23.1 Å². The molecule has 2 aromatic heterocycles. The van der Waals surface area contributed by atoms with E-state index in [1.54, 1.807) is 12.3 Å². The van der Waals surface area contributed by atoms with Crippen molar-refractivity contribution in [1.82, 2.24) is 9.97 Å². The van der Waals surface area contributed by atoms with Gasteiger partial charge in [-0.25, -0.2) is 13.8 Å². The Balaban J connectivity index is 1.84. The Morgan fingerprint density at radius 3 is 2.61 bits per heavy atom. The lowest BCUT2D eigenvalue weighted by Crippen LogP contribution is -2.18. The van der Waals surface area contributed by atoms with Crippen LogP contribution in [0.1, 0.15) is 25.8 Å². The molecule has 2 heterocycles.